The van der Waals surface area contributed by atoms with Crippen LogP contribution in [0.1, 0.15) is 42.1 Å². The molecular weight excluding hydrogens is 355 g/mol. The molecule has 1 aromatic carbocycles. The number of nitrogen functional groups attached to an aromatic ring is 1. The van der Waals surface area contributed by atoms with Gasteiger partial charge in [0.2, 0.25) is 5.43 Å². The Labute approximate surface area is 153 Å². The molecule has 2 fully saturated rings. The van der Waals surface area contributed by atoms with E-state index in [1.807, 2.05) is 4.90 Å². The summed E-state index contributed by atoms with van der Waals surface area (Å²) in [4.78, 5) is 26.4. The number of carboxylic acids is 1. The average molecular weight is 374 g/mol. The second-order valence-electron chi connectivity index (χ2n) is 7.35. The lowest BCUT2D eigenvalue weighted by Crippen LogP contribution is -2.39. The van der Waals surface area contributed by atoms with Crippen LogP contribution in [-0.2, 0) is 0 Å². The van der Waals surface area contributed by atoms with Gasteiger partial charge in [0.05, 0.1) is 16.9 Å². The number of aromatic carboxylic acids is 1. The minimum absolute atomic E-state index is 0.0614. The first-order valence-corrected chi connectivity index (χ1v) is 9.06. The van der Waals surface area contributed by atoms with Crippen LogP contribution in [0.15, 0.2) is 11.0 Å². The molecule has 9 heteroatoms. The number of pyridine rings is 1. The summed E-state index contributed by atoms with van der Waals surface area (Å²) in [5, 5.41) is 9.38. The molecular formula is C18H19FN4O4. The van der Waals surface area contributed by atoms with Crippen molar-refractivity contribution in [3.05, 3.63) is 27.8 Å². The number of nitrogens with zero attached hydrogens (tertiary/aromatic N) is 2. The number of benzene rings is 1. The zero-order chi connectivity index (χ0) is 18.9. The number of fused-ring (bicyclic) bond motifs is 5. The molecule has 3 aliphatic rings. The Hall–Kier alpha value is -2.81. The van der Waals surface area contributed by atoms with Crippen molar-refractivity contribution in [1.29, 1.82) is 0 Å². The Morgan fingerprint density at radius 1 is 1.33 bits per heavy atom. The highest BCUT2D eigenvalue weighted by atomic mass is 19.1. The number of nitrogens with one attached hydrogen (secondary N) is 1. The van der Waals surface area contributed by atoms with Crippen LogP contribution in [0.4, 0.5) is 15.8 Å². The lowest BCUT2D eigenvalue weighted by molar-refractivity contribution is 0.0695. The van der Waals surface area contributed by atoms with Gasteiger partial charge in [0.25, 0.3) is 0 Å². The van der Waals surface area contributed by atoms with E-state index in [0.29, 0.717) is 30.1 Å². The monoisotopic (exact) mass is 374 g/mol. The third-order valence-electron chi connectivity index (χ3n) is 5.74. The largest absolute Gasteiger partial charge is 0.487 e. The van der Waals surface area contributed by atoms with E-state index in [1.165, 1.54) is 6.20 Å². The highest BCUT2D eigenvalue weighted by Gasteiger charge is 2.39. The maximum atomic E-state index is 15.4. The van der Waals surface area contributed by atoms with Gasteiger partial charge in [-0.2, -0.15) is 0 Å². The number of anilines is 2. The van der Waals surface area contributed by atoms with Crippen molar-refractivity contribution in [2.45, 2.75) is 37.8 Å². The summed E-state index contributed by atoms with van der Waals surface area (Å²) >= 11 is 0. The molecule has 0 amide bonds. The smallest absolute Gasteiger partial charge is 0.341 e. The molecule has 0 bridgehead atoms. The molecule has 1 saturated heterocycles. The second kappa shape index (κ2) is 5.59. The van der Waals surface area contributed by atoms with Gasteiger partial charge in [-0.05, 0) is 25.7 Å². The fraction of sp³-hybridized carbons (Fsp3) is 0.444. The predicted octanol–water partition coefficient (Wildman–Crippen LogP) is 1.82. The molecule has 5 rings (SSSR count). The first-order chi connectivity index (χ1) is 13.0. The maximum absolute atomic E-state index is 15.4. The van der Waals surface area contributed by atoms with E-state index >= 15 is 4.39 Å². The van der Waals surface area contributed by atoms with Crippen LogP contribution in [0.25, 0.3) is 10.9 Å². The highest BCUT2D eigenvalue weighted by Crippen LogP contribution is 2.49. The van der Waals surface area contributed by atoms with E-state index in [-0.39, 0.29) is 23.2 Å². The fourth-order valence-electron chi connectivity index (χ4n) is 4.34. The number of ether oxygens (including phenoxy) is 1. The van der Waals surface area contributed by atoms with Gasteiger partial charge in [-0.3, -0.25) is 10.6 Å². The summed E-state index contributed by atoms with van der Waals surface area (Å²) in [6, 6.07) is 0.153. The number of carboxylic acid groups (broad SMARTS) is 1. The van der Waals surface area contributed by atoms with Crippen LogP contribution in [0, 0.1) is 5.82 Å². The van der Waals surface area contributed by atoms with Crippen LogP contribution in [0.5, 0.6) is 5.75 Å². The number of hydrazine groups is 1. The first-order valence-electron chi connectivity index (χ1n) is 9.06. The van der Waals surface area contributed by atoms with Gasteiger partial charge in [0, 0.05) is 18.8 Å². The molecule has 142 valence electrons. The molecule has 2 aliphatic heterocycles. The van der Waals surface area contributed by atoms with E-state index in [1.54, 1.807) is 4.57 Å². The number of carbonyl (C=O) groups is 1. The second-order valence-corrected chi connectivity index (χ2v) is 7.35. The summed E-state index contributed by atoms with van der Waals surface area (Å²) < 4.78 is 23.1. The molecule has 0 spiro atoms. The van der Waals surface area contributed by atoms with Crippen LogP contribution < -0.4 is 26.3 Å². The Morgan fingerprint density at radius 3 is 2.78 bits per heavy atom. The van der Waals surface area contributed by atoms with Gasteiger partial charge in [-0.25, -0.2) is 9.18 Å². The third-order valence-corrected chi connectivity index (χ3v) is 5.74. The maximum Gasteiger partial charge on any atom is 0.341 e. The summed E-state index contributed by atoms with van der Waals surface area (Å²) in [6.45, 7) is 1.12. The molecule has 1 aromatic heterocycles. The molecule has 2 aromatic rings. The van der Waals surface area contributed by atoms with E-state index in [9.17, 15) is 14.7 Å². The summed E-state index contributed by atoms with van der Waals surface area (Å²) in [6.07, 6.45) is 4.92. The predicted molar refractivity (Wildman–Crippen MR) is 97.1 cm³/mol. The van der Waals surface area contributed by atoms with Gasteiger partial charge in [0.1, 0.15) is 23.5 Å². The molecule has 0 radical (unpaired) electrons. The van der Waals surface area contributed by atoms with E-state index in [0.717, 1.165) is 25.7 Å². The van der Waals surface area contributed by atoms with Gasteiger partial charge >= 0.3 is 5.97 Å². The third kappa shape index (κ3) is 2.18. The molecule has 27 heavy (non-hydrogen) atoms. The number of halogens is 1. The van der Waals surface area contributed by atoms with Crippen molar-refractivity contribution in [3.8, 4) is 5.75 Å². The summed E-state index contributed by atoms with van der Waals surface area (Å²) in [7, 11) is 0. The number of rotatable bonds is 3. The van der Waals surface area contributed by atoms with Crippen LogP contribution in [0.2, 0.25) is 0 Å². The standard InChI is InChI=1S/C18H19FN4O4/c19-12-13(21-20)11-14(17-15(12)22-5-1-2-9(22)7-27-17)23(8-3-4-8)6-10(16(11)24)18(25)26/h6,8-9,21H,1-5,7,20H2,(H,25,26)/t9-/m0/s1. The van der Waals surface area contributed by atoms with Gasteiger partial charge in [0.15, 0.2) is 11.6 Å². The summed E-state index contributed by atoms with van der Waals surface area (Å²) in [5.74, 6) is 3.86. The topological polar surface area (TPSA) is 110 Å². The van der Waals surface area contributed by atoms with Crippen molar-refractivity contribution in [1.82, 2.24) is 4.57 Å². The molecule has 8 nitrogen and oxygen atoms in total. The molecule has 0 unspecified atom stereocenters. The zero-order valence-electron chi connectivity index (χ0n) is 14.5. The van der Waals surface area contributed by atoms with E-state index in [4.69, 9.17) is 10.6 Å². The van der Waals surface area contributed by atoms with Crippen molar-refractivity contribution in [3.63, 3.8) is 0 Å². The van der Waals surface area contributed by atoms with Gasteiger partial charge in [-0.15, -0.1) is 0 Å². The first kappa shape index (κ1) is 16.4. The van der Waals surface area contributed by atoms with Crippen LogP contribution in [0.3, 0.4) is 0 Å². The lowest BCUT2D eigenvalue weighted by atomic mass is 10.0. The minimum Gasteiger partial charge on any atom is -0.487 e. The molecule has 1 aliphatic carbocycles. The molecule has 1 saturated carbocycles. The minimum atomic E-state index is -1.35. The normalized spacial score (nSPS) is 21.0. The van der Waals surface area contributed by atoms with Crippen LogP contribution in [-0.4, -0.2) is 34.8 Å². The Balaban J connectivity index is 1.95. The van der Waals surface area contributed by atoms with E-state index < -0.39 is 22.8 Å². The van der Waals surface area contributed by atoms with E-state index in [2.05, 4.69) is 5.43 Å². The highest BCUT2D eigenvalue weighted by molar-refractivity contribution is 6.04. The Morgan fingerprint density at radius 2 is 2.11 bits per heavy atom. The zero-order valence-corrected chi connectivity index (χ0v) is 14.5. The number of hydrogen-bond donors (Lipinski definition) is 3. The number of hydrogen-bond acceptors (Lipinski definition) is 6. The van der Waals surface area contributed by atoms with Crippen molar-refractivity contribution >= 4 is 28.2 Å². The molecule has 4 N–H and O–H groups in total. The number of aromatic nitrogens is 1. The van der Waals surface area contributed by atoms with Crippen molar-refractivity contribution in [2.75, 3.05) is 23.5 Å². The van der Waals surface area contributed by atoms with Gasteiger partial charge < -0.3 is 24.7 Å². The summed E-state index contributed by atoms with van der Waals surface area (Å²) in [5.41, 5.74) is 1.68. The molecule has 3 heterocycles. The quantitative estimate of drug-likeness (QED) is 0.555. The Kier molecular flexibility index (Phi) is 3.39. The fourth-order valence-corrected chi connectivity index (χ4v) is 4.34. The number of nitrogens with two attached hydrogens (primary N) is 1. The Bertz CT molecular complexity index is 1050. The SMILES string of the molecule is NNc1c(F)c2c(c3c1c(=O)c(C(=O)O)cn3C1CC1)OC[C@@H]1CCCN21. The average Bonchev–Trinajstić information content (AvgIpc) is 3.38. The van der Waals surface area contributed by atoms with Crippen molar-refractivity contribution < 1.29 is 19.0 Å². The lowest BCUT2D eigenvalue weighted by Gasteiger charge is -2.35. The molecule has 1 atom stereocenters. The van der Waals surface area contributed by atoms with Crippen molar-refractivity contribution in [2.24, 2.45) is 5.84 Å². The van der Waals surface area contributed by atoms with Crippen LogP contribution >= 0.6 is 0 Å². The van der Waals surface area contributed by atoms with Gasteiger partial charge in [-0.1, -0.05) is 0 Å².